The molecule has 4 aromatic rings. The predicted octanol–water partition coefficient (Wildman–Crippen LogP) is 7.78. The molecule has 38 heavy (non-hydrogen) atoms. The summed E-state index contributed by atoms with van der Waals surface area (Å²) in [7, 11) is 1.82. The van der Waals surface area contributed by atoms with Gasteiger partial charge in [-0.1, -0.05) is 70.2 Å². The quantitative estimate of drug-likeness (QED) is 0.187. The van der Waals surface area contributed by atoms with Crippen LogP contribution in [0.15, 0.2) is 66.9 Å². The van der Waals surface area contributed by atoms with Gasteiger partial charge in [-0.25, -0.2) is 4.98 Å². The third-order valence-corrected chi connectivity index (χ3v) is 5.93. The normalized spacial score (nSPS) is 10.6. The zero-order valence-electron chi connectivity index (χ0n) is 23.0. The third-order valence-electron chi connectivity index (χ3n) is 5.93. The van der Waals surface area contributed by atoms with E-state index in [2.05, 4.69) is 36.1 Å². The van der Waals surface area contributed by atoms with Gasteiger partial charge in [0, 0.05) is 24.4 Å². The summed E-state index contributed by atoms with van der Waals surface area (Å²) in [5, 5.41) is 4.18. The molecule has 0 aliphatic heterocycles. The topological polar surface area (TPSA) is 64.8 Å². The van der Waals surface area contributed by atoms with Gasteiger partial charge in [-0.2, -0.15) is 9.49 Å². The van der Waals surface area contributed by atoms with Crippen molar-refractivity contribution < 1.29 is 14.0 Å². The molecular formula is C32H36FN3O2. The van der Waals surface area contributed by atoms with E-state index in [1.54, 1.807) is 23.0 Å². The molecule has 0 N–H and O–H groups in total. The lowest BCUT2D eigenvalue weighted by molar-refractivity contribution is 0.111. The number of hydrogen-bond donors (Lipinski definition) is 0. The molecule has 2 aromatic heterocycles. The fourth-order valence-electron chi connectivity index (χ4n) is 3.75. The fraction of sp³-hybridized carbons (Fsp3) is 0.250. The lowest BCUT2D eigenvalue weighted by Gasteiger charge is -2.09. The van der Waals surface area contributed by atoms with Gasteiger partial charge < -0.3 is 0 Å². The minimum atomic E-state index is -0.482. The molecule has 4 rings (SSSR count). The number of pyridine rings is 1. The Morgan fingerprint density at radius 3 is 2.18 bits per heavy atom. The number of nitrogens with zero attached hydrogens (tertiary/aromatic N) is 3. The number of aldehydes is 2. The molecule has 5 nitrogen and oxygen atoms in total. The first-order valence-corrected chi connectivity index (χ1v) is 12.8. The van der Waals surface area contributed by atoms with Crippen LogP contribution in [0, 0.1) is 12.9 Å². The number of halogens is 1. The second-order valence-corrected chi connectivity index (χ2v) is 8.37. The first-order valence-electron chi connectivity index (χ1n) is 12.8. The molecule has 0 unspecified atom stereocenters. The van der Waals surface area contributed by atoms with Crippen molar-refractivity contribution in [3.05, 3.63) is 106 Å². The number of hydrogen-bond acceptors (Lipinski definition) is 4. The average Bonchev–Trinajstić information content (AvgIpc) is 3.35. The lowest BCUT2D eigenvalue weighted by atomic mass is 9.97. The molecular weight excluding hydrogens is 477 g/mol. The van der Waals surface area contributed by atoms with Crippen LogP contribution in [0.1, 0.15) is 77.2 Å². The molecule has 0 spiro atoms. The summed E-state index contributed by atoms with van der Waals surface area (Å²) in [6.07, 6.45) is 7.10. The largest absolute Gasteiger partial charge is 0.298 e. The van der Waals surface area contributed by atoms with Crippen LogP contribution in [0.4, 0.5) is 4.39 Å². The molecule has 0 saturated heterocycles. The Labute approximate surface area is 225 Å². The highest BCUT2D eigenvalue weighted by molar-refractivity contribution is 5.83. The van der Waals surface area contributed by atoms with Crippen molar-refractivity contribution in [1.82, 2.24) is 14.8 Å². The van der Waals surface area contributed by atoms with Gasteiger partial charge in [0.2, 0.25) is 5.95 Å². The van der Waals surface area contributed by atoms with Gasteiger partial charge in [0.15, 0.2) is 6.29 Å². The number of aromatic nitrogens is 3. The van der Waals surface area contributed by atoms with Crippen molar-refractivity contribution in [3.63, 3.8) is 0 Å². The molecule has 0 aliphatic rings. The first-order chi connectivity index (χ1) is 18.4. The Morgan fingerprint density at radius 1 is 0.947 bits per heavy atom. The van der Waals surface area contributed by atoms with Gasteiger partial charge in [-0.3, -0.25) is 14.3 Å². The van der Waals surface area contributed by atoms with Crippen LogP contribution < -0.4 is 0 Å². The van der Waals surface area contributed by atoms with Crippen LogP contribution in [0.25, 0.3) is 22.9 Å². The van der Waals surface area contributed by atoms with Crippen molar-refractivity contribution in [2.24, 2.45) is 7.05 Å². The number of carbonyl (C=O) groups is 2. The van der Waals surface area contributed by atoms with Gasteiger partial charge in [-0.15, -0.1) is 0 Å². The Bertz CT molecular complexity index is 1350. The minimum Gasteiger partial charge on any atom is -0.298 e. The summed E-state index contributed by atoms with van der Waals surface area (Å²) in [6, 6.07) is 18.7. The van der Waals surface area contributed by atoms with E-state index in [0.717, 1.165) is 64.5 Å². The van der Waals surface area contributed by atoms with Crippen LogP contribution in [0.2, 0.25) is 0 Å². The van der Waals surface area contributed by atoms with E-state index >= 15 is 0 Å². The minimum absolute atomic E-state index is 0.409. The van der Waals surface area contributed by atoms with Crippen LogP contribution in [-0.2, 0) is 13.5 Å². The summed E-state index contributed by atoms with van der Waals surface area (Å²) in [5.41, 5.74) is 8.47. The molecule has 198 valence electrons. The van der Waals surface area contributed by atoms with E-state index in [0.29, 0.717) is 5.69 Å². The smallest absolute Gasteiger partial charge is 0.212 e. The van der Waals surface area contributed by atoms with Crippen molar-refractivity contribution in [1.29, 1.82) is 0 Å². The number of carbonyl (C=O) groups excluding carboxylic acids is 2. The molecule has 0 fully saturated rings. The Kier molecular flexibility index (Phi) is 12.0. The van der Waals surface area contributed by atoms with Crippen molar-refractivity contribution >= 4 is 24.2 Å². The maximum Gasteiger partial charge on any atom is 0.212 e. The number of allylic oxidation sites excluding steroid dienone is 1. The number of rotatable bonds is 7. The Hall–Kier alpha value is -4.19. The van der Waals surface area contributed by atoms with Crippen molar-refractivity contribution in [3.8, 4) is 11.3 Å². The molecule has 0 saturated carbocycles. The van der Waals surface area contributed by atoms with Crippen molar-refractivity contribution in [2.45, 2.75) is 47.5 Å². The second kappa shape index (κ2) is 15.2. The van der Waals surface area contributed by atoms with Crippen molar-refractivity contribution in [2.75, 3.05) is 0 Å². The van der Waals surface area contributed by atoms with E-state index in [1.807, 2.05) is 64.2 Å². The molecule has 6 heteroatoms. The summed E-state index contributed by atoms with van der Waals surface area (Å²) in [5.74, 6) is -0.482. The predicted molar refractivity (Wildman–Crippen MR) is 154 cm³/mol. The van der Waals surface area contributed by atoms with E-state index in [1.165, 1.54) is 11.6 Å². The zero-order valence-corrected chi connectivity index (χ0v) is 23.0. The van der Waals surface area contributed by atoms with Crippen LogP contribution in [0.3, 0.4) is 0 Å². The molecule has 2 heterocycles. The van der Waals surface area contributed by atoms with E-state index < -0.39 is 5.95 Å². The number of benzene rings is 2. The monoisotopic (exact) mass is 513 g/mol. The highest BCUT2D eigenvalue weighted by atomic mass is 19.1. The molecule has 0 amide bonds. The maximum atomic E-state index is 13.1. The summed E-state index contributed by atoms with van der Waals surface area (Å²) < 4.78 is 14.8. The third kappa shape index (κ3) is 8.17. The van der Waals surface area contributed by atoms with E-state index in [9.17, 15) is 14.0 Å². The van der Waals surface area contributed by atoms with Crippen LogP contribution in [-0.4, -0.2) is 27.3 Å². The van der Waals surface area contributed by atoms with Gasteiger partial charge >= 0.3 is 0 Å². The highest BCUT2D eigenvalue weighted by Crippen LogP contribution is 2.27. The first kappa shape index (κ1) is 30.0. The van der Waals surface area contributed by atoms with E-state index in [-0.39, 0.29) is 0 Å². The summed E-state index contributed by atoms with van der Waals surface area (Å²) >= 11 is 0. The van der Waals surface area contributed by atoms with Gasteiger partial charge in [0.25, 0.3) is 0 Å². The van der Waals surface area contributed by atoms with Gasteiger partial charge in [0.1, 0.15) is 12.0 Å². The number of aryl methyl sites for hydroxylation is 3. The Morgan fingerprint density at radius 2 is 1.66 bits per heavy atom. The SMILES string of the molecule is CC.CC/C(=C\c1cc(-c2cc(C=O)nn2C)ccc1C)c1ccc(F)nc1.CCc1ccc(C=O)cc1. The average molecular weight is 514 g/mol. The highest BCUT2D eigenvalue weighted by Gasteiger charge is 2.09. The molecule has 0 bridgehead atoms. The zero-order chi connectivity index (χ0) is 28.1. The Balaban J connectivity index is 0.000000353. The van der Waals surface area contributed by atoms with Gasteiger partial charge in [0.05, 0.1) is 5.69 Å². The van der Waals surface area contributed by atoms with E-state index in [4.69, 9.17) is 0 Å². The second-order valence-electron chi connectivity index (χ2n) is 8.37. The molecule has 0 atom stereocenters. The molecule has 0 aliphatic carbocycles. The fourth-order valence-corrected chi connectivity index (χ4v) is 3.75. The molecule has 2 aromatic carbocycles. The van der Waals surface area contributed by atoms with Crippen LogP contribution >= 0.6 is 0 Å². The lowest BCUT2D eigenvalue weighted by Crippen LogP contribution is -1.95. The standard InChI is InChI=1S/C21H20FN3O.C9H10O.C2H6/c1-4-15(17-7-8-21(22)23-12-17)9-18-10-16(6-5-14(18)2)20-11-19(13-26)24-25(20)3;1-2-8-3-5-9(7-10)6-4-8;1-2/h5-13H,4H2,1-3H3;3-7H,2H2,1H3;1-2H3/b15-9+;;. The maximum absolute atomic E-state index is 13.1. The summed E-state index contributed by atoms with van der Waals surface area (Å²) in [4.78, 5) is 24.9. The summed E-state index contributed by atoms with van der Waals surface area (Å²) in [6.45, 7) is 10.2. The van der Waals surface area contributed by atoms with Crippen LogP contribution in [0.5, 0.6) is 0 Å². The molecule has 0 radical (unpaired) electrons. The van der Waals surface area contributed by atoms with Gasteiger partial charge in [-0.05, 0) is 71.9 Å².